The smallest absolute Gasteiger partial charge is 0.307 e. The van der Waals surface area contributed by atoms with Crippen LogP contribution in [0.5, 0.6) is 5.88 Å². The first-order valence-electron chi connectivity index (χ1n) is 20.2. The van der Waals surface area contributed by atoms with Crippen LogP contribution in [0.4, 0.5) is 11.5 Å². The monoisotopic (exact) mass is 698 g/mol. The maximum absolute atomic E-state index is 12.8. The largest absolute Gasteiger partial charge is 0.478 e. The maximum atomic E-state index is 12.8. The van der Waals surface area contributed by atoms with Gasteiger partial charge in [-0.25, -0.2) is 0 Å². The Bertz CT molecular complexity index is 1480. The van der Waals surface area contributed by atoms with Crippen molar-refractivity contribution in [1.82, 2.24) is 9.88 Å². The summed E-state index contributed by atoms with van der Waals surface area (Å²) in [5, 5.41) is 2.62. The highest BCUT2D eigenvalue weighted by molar-refractivity contribution is 5.95. The molecule has 0 unspecified atom stereocenters. The number of hydrogen-bond acceptors (Lipinski definition) is 7. The van der Waals surface area contributed by atoms with E-state index in [0.717, 1.165) is 70.4 Å². The normalized spacial score (nSPS) is 15.0. The predicted octanol–water partition coefficient (Wildman–Crippen LogP) is 9.48. The van der Waals surface area contributed by atoms with Gasteiger partial charge in [-0.2, -0.15) is 4.98 Å². The fourth-order valence-corrected chi connectivity index (χ4v) is 7.40. The fraction of sp³-hybridized carbons (Fsp3) is 0.605. The zero-order chi connectivity index (χ0) is 35.5. The number of piperazine rings is 1. The van der Waals surface area contributed by atoms with E-state index in [1.54, 1.807) is 0 Å². The van der Waals surface area contributed by atoms with Crippen molar-refractivity contribution in [3.63, 3.8) is 0 Å². The summed E-state index contributed by atoms with van der Waals surface area (Å²) in [6, 6.07) is 19.1. The van der Waals surface area contributed by atoms with Gasteiger partial charge in [0.25, 0.3) is 0 Å². The molecule has 0 atom stereocenters. The summed E-state index contributed by atoms with van der Waals surface area (Å²) in [7, 11) is 0. The lowest BCUT2D eigenvalue weighted by molar-refractivity contribution is -0.144. The van der Waals surface area contributed by atoms with Gasteiger partial charge in [0.1, 0.15) is 5.82 Å². The number of amides is 1. The first-order valence-corrected chi connectivity index (χ1v) is 20.2. The van der Waals surface area contributed by atoms with Crippen LogP contribution in [-0.4, -0.2) is 67.8 Å². The molecular formula is C43H62N4O4. The van der Waals surface area contributed by atoms with Crippen molar-refractivity contribution in [1.29, 1.82) is 0 Å². The van der Waals surface area contributed by atoms with E-state index in [4.69, 9.17) is 9.47 Å². The molecule has 0 radical (unpaired) electrons. The summed E-state index contributed by atoms with van der Waals surface area (Å²) in [6.45, 7) is 7.99. The fourth-order valence-electron chi connectivity index (χ4n) is 7.40. The van der Waals surface area contributed by atoms with Gasteiger partial charge in [-0.05, 0) is 55.3 Å². The molecule has 0 N–H and O–H groups in total. The van der Waals surface area contributed by atoms with E-state index in [2.05, 4.69) is 64.2 Å². The van der Waals surface area contributed by atoms with Crippen molar-refractivity contribution in [3.05, 3.63) is 60.2 Å². The summed E-state index contributed by atoms with van der Waals surface area (Å²) in [5.74, 6) is 0.749. The Labute approximate surface area is 306 Å². The standard InChI is InChI=1S/C43H62N4O4/c1-2-3-4-5-6-7-8-9-10-11-12-13-14-24-42(49)51-35-47-41(48)28-26-37-25-27-40(44-43(37)47)50-34-18-17-29-45-30-32-46(33-31-45)39-23-19-21-36-20-15-16-22-38(36)39/h15-16,19-23,25,27H,2-14,17-18,24,26,28-35H2,1H3. The quantitative estimate of drug-likeness (QED) is 0.0722. The molecule has 8 heteroatoms. The summed E-state index contributed by atoms with van der Waals surface area (Å²) in [6.07, 6.45) is 19.9. The van der Waals surface area contributed by atoms with E-state index in [0.29, 0.717) is 37.6 Å². The molecule has 1 saturated heterocycles. The molecular weight excluding hydrogens is 636 g/mol. The van der Waals surface area contributed by atoms with Gasteiger partial charge in [-0.1, -0.05) is 120 Å². The van der Waals surface area contributed by atoms with E-state index in [1.807, 2.05) is 12.1 Å². The van der Waals surface area contributed by atoms with E-state index >= 15 is 0 Å². The number of unbranched alkanes of at least 4 members (excludes halogenated alkanes) is 13. The zero-order valence-corrected chi connectivity index (χ0v) is 31.3. The number of hydrogen-bond donors (Lipinski definition) is 0. The third kappa shape index (κ3) is 12.5. The van der Waals surface area contributed by atoms with Crippen molar-refractivity contribution in [2.24, 2.45) is 0 Å². The van der Waals surface area contributed by atoms with Crippen LogP contribution >= 0.6 is 0 Å². The van der Waals surface area contributed by atoms with Gasteiger partial charge in [0, 0.05) is 56.2 Å². The van der Waals surface area contributed by atoms with Crippen molar-refractivity contribution in [2.75, 3.05) is 55.9 Å². The molecule has 51 heavy (non-hydrogen) atoms. The van der Waals surface area contributed by atoms with Crippen LogP contribution in [-0.2, 0) is 20.7 Å². The van der Waals surface area contributed by atoms with Crippen LogP contribution in [0.1, 0.15) is 122 Å². The Kier molecular flexibility index (Phi) is 16.4. The Morgan fingerprint density at radius 3 is 2.16 bits per heavy atom. The lowest BCUT2D eigenvalue weighted by Gasteiger charge is -2.36. The highest BCUT2D eigenvalue weighted by Crippen LogP contribution is 2.29. The van der Waals surface area contributed by atoms with Gasteiger partial charge >= 0.3 is 5.97 Å². The molecule has 0 bridgehead atoms. The number of benzene rings is 2. The molecule has 8 nitrogen and oxygen atoms in total. The van der Waals surface area contributed by atoms with Crippen molar-refractivity contribution < 1.29 is 19.1 Å². The van der Waals surface area contributed by atoms with Gasteiger partial charge in [-0.3, -0.25) is 19.4 Å². The van der Waals surface area contributed by atoms with Gasteiger partial charge in [0.15, 0.2) is 6.73 Å². The van der Waals surface area contributed by atoms with E-state index < -0.39 is 0 Å². The second-order valence-electron chi connectivity index (χ2n) is 14.5. The summed E-state index contributed by atoms with van der Waals surface area (Å²) in [5.41, 5.74) is 2.32. The molecule has 3 aromatic rings. The van der Waals surface area contributed by atoms with Crippen molar-refractivity contribution in [2.45, 2.75) is 122 Å². The second-order valence-corrected chi connectivity index (χ2v) is 14.5. The Morgan fingerprint density at radius 2 is 1.41 bits per heavy atom. The lowest BCUT2D eigenvalue weighted by Crippen LogP contribution is -2.46. The van der Waals surface area contributed by atoms with Gasteiger partial charge in [-0.15, -0.1) is 0 Å². The predicted molar refractivity (Wildman–Crippen MR) is 209 cm³/mol. The van der Waals surface area contributed by atoms with Crippen LogP contribution in [0.2, 0.25) is 0 Å². The van der Waals surface area contributed by atoms with Gasteiger partial charge < -0.3 is 14.4 Å². The van der Waals surface area contributed by atoms with Crippen molar-refractivity contribution in [3.8, 4) is 5.88 Å². The topological polar surface area (TPSA) is 75.2 Å². The maximum Gasteiger partial charge on any atom is 0.307 e. The molecule has 2 aliphatic rings. The molecule has 0 spiro atoms. The number of nitrogens with zero attached hydrogens (tertiary/aromatic N) is 4. The average Bonchev–Trinajstić information content (AvgIpc) is 3.16. The first-order chi connectivity index (χ1) is 25.1. The van der Waals surface area contributed by atoms with Gasteiger partial charge in [0.05, 0.1) is 6.61 Å². The number of fused-ring (bicyclic) bond motifs is 2. The summed E-state index contributed by atoms with van der Waals surface area (Å²) >= 11 is 0. The van der Waals surface area contributed by atoms with Crippen LogP contribution in [0.15, 0.2) is 54.6 Å². The first kappa shape index (κ1) is 38.6. The number of pyridine rings is 1. The van der Waals surface area contributed by atoms with E-state index in [-0.39, 0.29) is 18.6 Å². The van der Waals surface area contributed by atoms with E-state index in [9.17, 15) is 9.59 Å². The molecule has 3 heterocycles. The average molecular weight is 699 g/mol. The lowest BCUT2D eigenvalue weighted by atomic mass is 10.0. The molecule has 278 valence electrons. The highest BCUT2D eigenvalue weighted by atomic mass is 16.5. The summed E-state index contributed by atoms with van der Waals surface area (Å²) in [4.78, 5) is 36.6. The van der Waals surface area contributed by atoms with Crippen molar-refractivity contribution >= 4 is 34.2 Å². The minimum Gasteiger partial charge on any atom is -0.478 e. The number of carbonyl (C=O) groups is 2. The Balaban J connectivity index is 0.935. The minimum atomic E-state index is -0.250. The molecule has 0 aliphatic carbocycles. The summed E-state index contributed by atoms with van der Waals surface area (Å²) < 4.78 is 11.6. The number of aromatic nitrogens is 1. The van der Waals surface area contributed by atoms with Crippen LogP contribution in [0.3, 0.4) is 0 Å². The number of anilines is 2. The molecule has 2 aromatic carbocycles. The van der Waals surface area contributed by atoms with Crippen LogP contribution in [0, 0.1) is 0 Å². The molecule has 5 rings (SSSR count). The minimum absolute atomic E-state index is 0.0681. The van der Waals surface area contributed by atoms with E-state index in [1.165, 1.54) is 85.6 Å². The Hall–Kier alpha value is -3.65. The molecule has 2 aliphatic heterocycles. The molecule has 1 fully saturated rings. The number of carbonyl (C=O) groups excluding carboxylic acids is 2. The molecule has 1 amide bonds. The number of esters is 1. The Morgan fingerprint density at radius 1 is 0.725 bits per heavy atom. The molecule has 0 saturated carbocycles. The van der Waals surface area contributed by atoms with Gasteiger partial charge in [0.2, 0.25) is 11.8 Å². The van der Waals surface area contributed by atoms with Crippen LogP contribution < -0.4 is 14.5 Å². The van der Waals surface area contributed by atoms with Crippen LogP contribution in [0.25, 0.3) is 10.8 Å². The molecule has 1 aromatic heterocycles. The number of aryl methyl sites for hydroxylation is 1. The second kappa shape index (κ2) is 21.7. The third-order valence-electron chi connectivity index (χ3n) is 10.5. The number of ether oxygens (including phenoxy) is 2. The SMILES string of the molecule is CCCCCCCCCCCCCCCC(=O)OCN1C(=O)CCc2ccc(OCCCCN3CCN(c4cccc5ccccc45)CC3)nc21. The zero-order valence-electron chi connectivity index (χ0n) is 31.3. The third-order valence-corrected chi connectivity index (χ3v) is 10.5. The number of rotatable bonds is 23. The highest BCUT2D eigenvalue weighted by Gasteiger charge is 2.27.